The van der Waals surface area contributed by atoms with Crippen LogP contribution in [0.4, 0.5) is 8.78 Å². The van der Waals surface area contributed by atoms with Crippen LogP contribution in [-0.4, -0.2) is 20.9 Å². The van der Waals surface area contributed by atoms with Crippen LogP contribution in [0.1, 0.15) is 11.1 Å². The van der Waals surface area contributed by atoms with Gasteiger partial charge < -0.3 is 10.1 Å². The minimum absolute atomic E-state index is 0.0261. The first-order valence-electron chi connectivity index (χ1n) is 9.30. The van der Waals surface area contributed by atoms with Crippen LogP contribution in [0.2, 0.25) is 0 Å². The van der Waals surface area contributed by atoms with Crippen LogP contribution in [0.15, 0.2) is 77.7 Å². The Bertz CT molecular complexity index is 1150. The Morgan fingerprint density at radius 2 is 1.52 bits per heavy atom. The number of hydrogen-bond donors (Lipinski definition) is 2. The summed E-state index contributed by atoms with van der Waals surface area (Å²) >= 11 is 0. The maximum Gasteiger partial charge on any atom is 0.258 e. The summed E-state index contributed by atoms with van der Waals surface area (Å²) in [5, 5.41) is 2.63. The SMILES string of the molecule is O=C(COc1ccc(F)cc1)NCc1cccc(S(=O)(=O)NCc2cccc(F)c2)c1. The van der Waals surface area contributed by atoms with Crippen molar-refractivity contribution in [2.24, 2.45) is 0 Å². The fourth-order valence-corrected chi connectivity index (χ4v) is 3.75. The third-order valence-electron chi connectivity index (χ3n) is 4.24. The molecule has 0 heterocycles. The molecule has 3 aromatic rings. The lowest BCUT2D eigenvalue weighted by Gasteiger charge is -2.10. The lowest BCUT2D eigenvalue weighted by atomic mass is 10.2. The van der Waals surface area contributed by atoms with Crippen LogP contribution >= 0.6 is 0 Å². The van der Waals surface area contributed by atoms with E-state index in [-0.39, 0.29) is 24.6 Å². The van der Waals surface area contributed by atoms with E-state index < -0.39 is 27.6 Å². The van der Waals surface area contributed by atoms with E-state index in [0.29, 0.717) is 16.9 Å². The molecule has 31 heavy (non-hydrogen) atoms. The van der Waals surface area contributed by atoms with E-state index >= 15 is 0 Å². The number of nitrogens with one attached hydrogen (secondary N) is 2. The van der Waals surface area contributed by atoms with Gasteiger partial charge in [-0.05, 0) is 59.7 Å². The van der Waals surface area contributed by atoms with Crippen LogP contribution in [0.25, 0.3) is 0 Å². The molecule has 3 rings (SSSR count). The number of amides is 1. The van der Waals surface area contributed by atoms with Gasteiger partial charge in [0.2, 0.25) is 10.0 Å². The first-order chi connectivity index (χ1) is 14.8. The second-order valence-electron chi connectivity index (χ2n) is 6.62. The second kappa shape index (κ2) is 10.1. The van der Waals surface area contributed by atoms with Gasteiger partial charge >= 0.3 is 0 Å². The van der Waals surface area contributed by atoms with Crippen LogP contribution in [0.5, 0.6) is 5.75 Å². The zero-order chi connectivity index (χ0) is 22.3. The van der Waals surface area contributed by atoms with Crippen molar-refractivity contribution in [3.05, 3.63) is 95.6 Å². The fourth-order valence-electron chi connectivity index (χ4n) is 2.66. The molecule has 1 amide bonds. The van der Waals surface area contributed by atoms with Gasteiger partial charge in [0.15, 0.2) is 6.61 Å². The maximum absolute atomic E-state index is 13.2. The van der Waals surface area contributed by atoms with Gasteiger partial charge in [-0.3, -0.25) is 4.79 Å². The van der Waals surface area contributed by atoms with Crippen LogP contribution < -0.4 is 14.8 Å². The Balaban J connectivity index is 1.53. The van der Waals surface area contributed by atoms with E-state index in [1.807, 2.05) is 0 Å². The highest BCUT2D eigenvalue weighted by molar-refractivity contribution is 7.89. The smallest absolute Gasteiger partial charge is 0.258 e. The van der Waals surface area contributed by atoms with Crippen LogP contribution in [-0.2, 0) is 27.9 Å². The maximum atomic E-state index is 13.2. The zero-order valence-electron chi connectivity index (χ0n) is 16.3. The first kappa shape index (κ1) is 22.4. The van der Waals surface area contributed by atoms with E-state index in [1.54, 1.807) is 18.2 Å². The molecule has 0 atom stereocenters. The normalized spacial score (nSPS) is 11.2. The molecular formula is C22H20F2N2O4S. The Labute approximate surface area is 178 Å². The van der Waals surface area contributed by atoms with Crippen molar-refractivity contribution >= 4 is 15.9 Å². The summed E-state index contributed by atoms with van der Waals surface area (Å²) in [6, 6.07) is 17.0. The van der Waals surface area contributed by atoms with E-state index in [9.17, 15) is 22.0 Å². The molecule has 0 spiro atoms. The quantitative estimate of drug-likeness (QED) is 0.529. The van der Waals surface area contributed by atoms with Gasteiger partial charge in [0.1, 0.15) is 17.4 Å². The Hall–Kier alpha value is -3.30. The largest absolute Gasteiger partial charge is 0.484 e. The molecule has 6 nitrogen and oxygen atoms in total. The van der Waals surface area contributed by atoms with Gasteiger partial charge in [0, 0.05) is 13.1 Å². The fraction of sp³-hybridized carbons (Fsp3) is 0.136. The molecule has 0 saturated heterocycles. The summed E-state index contributed by atoms with van der Waals surface area (Å²) in [5.74, 6) is -0.911. The molecule has 0 aromatic heterocycles. The number of carbonyl (C=O) groups excluding carboxylic acids is 1. The molecule has 0 unspecified atom stereocenters. The third kappa shape index (κ3) is 6.87. The minimum atomic E-state index is -3.82. The molecule has 0 radical (unpaired) electrons. The predicted molar refractivity (Wildman–Crippen MR) is 111 cm³/mol. The van der Waals surface area contributed by atoms with E-state index in [1.165, 1.54) is 54.6 Å². The zero-order valence-corrected chi connectivity index (χ0v) is 17.2. The standard InChI is InChI=1S/C22H20F2N2O4S/c23-18-7-9-20(10-8-18)30-15-22(27)25-13-17-4-2-6-21(12-17)31(28,29)26-14-16-3-1-5-19(24)11-16/h1-12,26H,13-15H2,(H,25,27). The van der Waals surface area contributed by atoms with Crippen molar-refractivity contribution in [2.75, 3.05) is 6.61 Å². The summed E-state index contributed by atoms with van der Waals surface area (Å²) in [4.78, 5) is 12.0. The van der Waals surface area contributed by atoms with Crippen LogP contribution in [0, 0.1) is 11.6 Å². The Morgan fingerprint density at radius 3 is 2.23 bits per heavy atom. The van der Waals surface area contributed by atoms with Crippen molar-refractivity contribution < 1.29 is 26.7 Å². The first-order valence-corrected chi connectivity index (χ1v) is 10.8. The summed E-state index contributed by atoms with van der Waals surface area (Å²) in [6.07, 6.45) is 0. The molecule has 0 aliphatic rings. The minimum Gasteiger partial charge on any atom is -0.484 e. The highest BCUT2D eigenvalue weighted by Crippen LogP contribution is 2.13. The topological polar surface area (TPSA) is 84.5 Å². The van der Waals surface area contributed by atoms with Crippen molar-refractivity contribution in [1.29, 1.82) is 0 Å². The lowest BCUT2D eigenvalue weighted by molar-refractivity contribution is -0.123. The molecule has 0 saturated carbocycles. The number of benzene rings is 3. The molecular weight excluding hydrogens is 426 g/mol. The summed E-state index contributed by atoms with van der Waals surface area (Å²) < 4.78 is 58.8. The van der Waals surface area contributed by atoms with E-state index in [4.69, 9.17) is 4.74 Å². The lowest BCUT2D eigenvalue weighted by Crippen LogP contribution is -2.28. The van der Waals surface area contributed by atoms with Gasteiger partial charge in [-0.2, -0.15) is 0 Å². The average Bonchev–Trinajstić information content (AvgIpc) is 2.76. The van der Waals surface area contributed by atoms with E-state index in [2.05, 4.69) is 10.0 Å². The van der Waals surface area contributed by atoms with Crippen molar-refractivity contribution in [3.8, 4) is 5.75 Å². The number of hydrogen-bond acceptors (Lipinski definition) is 4. The number of carbonyl (C=O) groups is 1. The number of rotatable bonds is 9. The number of sulfonamides is 1. The monoisotopic (exact) mass is 446 g/mol. The summed E-state index contributed by atoms with van der Waals surface area (Å²) in [6.45, 7) is -0.223. The van der Waals surface area contributed by atoms with Gasteiger partial charge in [-0.1, -0.05) is 24.3 Å². The van der Waals surface area contributed by atoms with Crippen molar-refractivity contribution in [1.82, 2.24) is 10.0 Å². The Morgan fingerprint density at radius 1 is 0.839 bits per heavy atom. The highest BCUT2D eigenvalue weighted by Gasteiger charge is 2.14. The van der Waals surface area contributed by atoms with Gasteiger partial charge in [0.05, 0.1) is 4.90 Å². The third-order valence-corrected chi connectivity index (χ3v) is 5.64. The van der Waals surface area contributed by atoms with Gasteiger partial charge in [-0.25, -0.2) is 21.9 Å². The average molecular weight is 446 g/mol. The molecule has 9 heteroatoms. The summed E-state index contributed by atoms with van der Waals surface area (Å²) in [5.41, 5.74) is 1.07. The molecule has 162 valence electrons. The van der Waals surface area contributed by atoms with Crippen LogP contribution in [0.3, 0.4) is 0 Å². The molecule has 0 bridgehead atoms. The highest BCUT2D eigenvalue weighted by atomic mass is 32.2. The molecule has 0 aliphatic carbocycles. The van der Waals surface area contributed by atoms with E-state index in [0.717, 1.165) is 0 Å². The molecule has 0 aliphatic heterocycles. The molecule has 0 fully saturated rings. The molecule has 3 aromatic carbocycles. The number of ether oxygens (including phenoxy) is 1. The summed E-state index contributed by atoms with van der Waals surface area (Å²) in [7, 11) is -3.82. The second-order valence-corrected chi connectivity index (χ2v) is 8.39. The molecule has 2 N–H and O–H groups in total. The van der Waals surface area contributed by atoms with Gasteiger partial charge in [-0.15, -0.1) is 0 Å². The Kier molecular flexibility index (Phi) is 7.32. The van der Waals surface area contributed by atoms with Gasteiger partial charge in [0.25, 0.3) is 5.91 Å². The predicted octanol–water partition coefficient (Wildman–Crippen LogP) is 3.14. The van der Waals surface area contributed by atoms with Crippen molar-refractivity contribution in [3.63, 3.8) is 0 Å². The van der Waals surface area contributed by atoms with Crippen molar-refractivity contribution in [2.45, 2.75) is 18.0 Å². The number of halogens is 2.